The van der Waals surface area contributed by atoms with E-state index in [0.29, 0.717) is 13.1 Å². The van der Waals surface area contributed by atoms with Crippen LogP contribution in [0.15, 0.2) is 0 Å². The van der Waals surface area contributed by atoms with E-state index < -0.39 is 6.09 Å². The zero-order valence-corrected chi connectivity index (χ0v) is 17.0. The van der Waals surface area contributed by atoms with Crippen LogP contribution in [0.4, 0.5) is 9.59 Å². The summed E-state index contributed by atoms with van der Waals surface area (Å²) in [6, 6.07) is -0.0606. The van der Waals surface area contributed by atoms with Gasteiger partial charge in [-0.3, -0.25) is 0 Å². The largest absolute Gasteiger partial charge is 0.453 e. The number of nitrogens with one attached hydrogen (secondary N) is 3. The van der Waals surface area contributed by atoms with E-state index in [-0.39, 0.29) is 22.9 Å². The molecule has 0 saturated heterocycles. The molecule has 5 N–H and O–H groups in total. The molecule has 0 radical (unpaired) electrons. The predicted octanol–water partition coefficient (Wildman–Crippen LogP) is 2.75. The summed E-state index contributed by atoms with van der Waals surface area (Å²) in [5.41, 5.74) is 5.50. The lowest BCUT2D eigenvalue weighted by Gasteiger charge is -2.46. The molecule has 2 atom stereocenters. The van der Waals surface area contributed by atoms with Crippen molar-refractivity contribution in [2.45, 2.75) is 71.8 Å². The number of rotatable bonds is 9. The van der Waals surface area contributed by atoms with Gasteiger partial charge in [-0.05, 0) is 49.5 Å². The molecular formula is C19H38N4O3. The van der Waals surface area contributed by atoms with E-state index in [9.17, 15) is 9.59 Å². The van der Waals surface area contributed by atoms with E-state index in [1.807, 2.05) is 0 Å². The van der Waals surface area contributed by atoms with Crippen LogP contribution in [0, 0.1) is 10.8 Å². The van der Waals surface area contributed by atoms with Crippen LogP contribution in [-0.4, -0.2) is 44.9 Å². The smallest absolute Gasteiger partial charge is 0.407 e. The fourth-order valence-electron chi connectivity index (χ4n) is 4.28. The molecule has 26 heavy (non-hydrogen) atoms. The van der Waals surface area contributed by atoms with Gasteiger partial charge >= 0.3 is 12.1 Å². The SMILES string of the molecule is COC(=O)NC1CC(C)(C)CC(C)(CNC(=O)NCCCCCCN)C1. The predicted molar refractivity (Wildman–Crippen MR) is 104 cm³/mol. The quantitative estimate of drug-likeness (QED) is 0.468. The van der Waals surface area contributed by atoms with Crippen LogP contribution in [-0.2, 0) is 4.74 Å². The Balaban J connectivity index is 2.40. The minimum atomic E-state index is -0.393. The number of amides is 3. The summed E-state index contributed by atoms with van der Waals surface area (Å²) in [6.45, 7) is 8.59. The molecule has 7 nitrogen and oxygen atoms in total. The van der Waals surface area contributed by atoms with Gasteiger partial charge in [-0.1, -0.05) is 33.6 Å². The number of carbonyl (C=O) groups is 2. The first-order chi connectivity index (χ1) is 12.2. The molecule has 0 spiro atoms. The maximum atomic E-state index is 12.1. The van der Waals surface area contributed by atoms with Crippen LogP contribution >= 0.6 is 0 Å². The van der Waals surface area contributed by atoms with Gasteiger partial charge in [0.1, 0.15) is 0 Å². The highest BCUT2D eigenvalue weighted by Gasteiger charge is 2.41. The van der Waals surface area contributed by atoms with Crippen LogP contribution in [0.5, 0.6) is 0 Å². The fourth-order valence-corrected chi connectivity index (χ4v) is 4.28. The first kappa shape index (κ1) is 22.5. The second-order valence-electron chi connectivity index (χ2n) is 8.71. The topological polar surface area (TPSA) is 105 Å². The second-order valence-corrected chi connectivity index (χ2v) is 8.71. The van der Waals surface area contributed by atoms with Crippen LogP contribution in [0.1, 0.15) is 65.7 Å². The average molecular weight is 371 g/mol. The number of ether oxygens (including phenoxy) is 1. The molecule has 0 aromatic rings. The van der Waals surface area contributed by atoms with Crippen molar-refractivity contribution in [1.29, 1.82) is 0 Å². The van der Waals surface area contributed by atoms with Crippen molar-refractivity contribution in [1.82, 2.24) is 16.0 Å². The number of unbranched alkanes of at least 4 members (excludes halogenated alkanes) is 3. The van der Waals surface area contributed by atoms with E-state index in [2.05, 4.69) is 36.7 Å². The molecule has 1 aliphatic carbocycles. The summed E-state index contributed by atoms with van der Waals surface area (Å²) in [6.07, 6.45) is 6.56. The maximum absolute atomic E-state index is 12.1. The van der Waals surface area contributed by atoms with Gasteiger partial charge in [-0.2, -0.15) is 0 Å². The van der Waals surface area contributed by atoms with Gasteiger partial charge in [-0.15, -0.1) is 0 Å². The van der Waals surface area contributed by atoms with E-state index in [0.717, 1.165) is 51.5 Å². The lowest BCUT2D eigenvalue weighted by Crippen LogP contribution is -2.51. The Morgan fingerprint density at radius 2 is 1.77 bits per heavy atom. The van der Waals surface area contributed by atoms with Crippen molar-refractivity contribution in [2.24, 2.45) is 16.6 Å². The number of hydrogen-bond donors (Lipinski definition) is 4. The van der Waals surface area contributed by atoms with E-state index in [1.165, 1.54) is 7.11 Å². The number of urea groups is 1. The lowest BCUT2D eigenvalue weighted by atomic mass is 9.62. The van der Waals surface area contributed by atoms with Gasteiger partial charge in [-0.25, -0.2) is 9.59 Å². The maximum Gasteiger partial charge on any atom is 0.407 e. The van der Waals surface area contributed by atoms with Gasteiger partial charge in [0.25, 0.3) is 0 Å². The highest BCUT2D eigenvalue weighted by atomic mass is 16.5. The zero-order chi connectivity index (χ0) is 19.6. The Bertz CT molecular complexity index is 456. The molecule has 1 saturated carbocycles. The number of hydrogen-bond acceptors (Lipinski definition) is 4. The van der Waals surface area contributed by atoms with Crippen molar-refractivity contribution >= 4 is 12.1 Å². The van der Waals surface area contributed by atoms with Crippen molar-refractivity contribution in [3.8, 4) is 0 Å². The van der Waals surface area contributed by atoms with Crippen LogP contribution < -0.4 is 21.7 Å². The molecule has 3 amide bonds. The summed E-state index contributed by atoms with van der Waals surface area (Å²) in [7, 11) is 1.38. The van der Waals surface area contributed by atoms with Gasteiger partial charge in [0, 0.05) is 19.1 Å². The molecule has 0 aliphatic heterocycles. The molecule has 152 valence electrons. The van der Waals surface area contributed by atoms with Gasteiger partial charge < -0.3 is 26.4 Å². The minimum Gasteiger partial charge on any atom is -0.453 e. The Labute approximate surface area is 158 Å². The van der Waals surface area contributed by atoms with E-state index in [4.69, 9.17) is 10.5 Å². The molecule has 0 bridgehead atoms. The molecule has 2 unspecified atom stereocenters. The Hall–Kier alpha value is -1.50. The molecule has 0 aromatic carbocycles. The summed E-state index contributed by atoms with van der Waals surface area (Å²) < 4.78 is 4.73. The average Bonchev–Trinajstić information content (AvgIpc) is 2.54. The second kappa shape index (κ2) is 10.6. The Morgan fingerprint density at radius 3 is 2.42 bits per heavy atom. The third kappa shape index (κ3) is 8.74. The van der Waals surface area contributed by atoms with Crippen molar-refractivity contribution in [3.05, 3.63) is 0 Å². The van der Waals surface area contributed by atoms with Crippen molar-refractivity contribution < 1.29 is 14.3 Å². The lowest BCUT2D eigenvalue weighted by molar-refractivity contribution is 0.0692. The monoisotopic (exact) mass is 370 g/mol. The number of alkyl carbamates (subject to hydrolysis) is 1. The molecule has 1 fully saturated rings. The van der Waals surface area contributed by atoms with Gasteiger partial charge in [0.05, 0.1) is 7.11 Å². The molecule has 7 heteroatoms. The molecule has 1 rings (SSSR count). The standard InChI is InChI=1S/C19H38N4O3/c1-18(2)11-15(23-17(25)26-4)12-19(3,13-18)14-22-16(24)21-10-8-6-5-7-9-20/h15H,5-14,20H2,1-4H3,(H,23,25)(H2,21,22,24). The summed E-state index contributed by atoms with van der Waals surface area (Å²) >= 11 is 0. The zero-order valence-electron chi connectivity index (χ0n) is 17.0. The molecule has 0 heterocycles. The summed E-state index contributed by atoms with van der Waals surface area (Å²) in [4.78, 5) is 23.6. The molecule has 0 aromatic heterocycles. The Morgan fingerprint density at radius 1 is 1.08 bits per heavy atom. The fraction of sp³-hybridized carbons (Fsp3) is 0.895. The number of nitrogens with two attached hydrogens (primary N) is 1. The van der Waals surface area contributed by atoms with Gasteiger partial charge in [0.2, 0.25) is 0 Å². The third-order valence-corrected chi connectivity index (χ3v) is 5.04. The highest BCUT2D eigenvalue weighted by Crippen LogP contribution is 2.45. The number of carbonyl (C=O) groups excluding carboxylic acids is 2. The first-order valence-corrected chi connectivity index (χ1v) is 9.76. The highest BCUT2D eigenvalue weighted by molar-refractivity contribution is 5.73. The van der Waals surface area contributed by atoms with E-state index >= 15 is 0 Å². The van der Waals surface area contributed by atoms with Crippen LogP contribution in [0.2, 0.25) is 0 Å². The number of methoxy groups -OCH3 is 1. The minimum absolute atomic E-state index is 0.0589. The Kier molecular flexibility index (Phi) is 9.19. The normalized spacial score (nSPS) is 24.6. The van der Waals surface area contributed by atoms with Gasteiger partial charge in [0.15, 0.2) is 0 Å². The molecule has 1 aliphatic rings. The van der Waals surface area contributed by atoms with Crippen molar-refractivity contribution in [3.63, 3.8) is 0 Å². The molecular weight excluding hydrogens is 332 g/mol. The van der Waals surface area contributed by atoms with Crippen LogP contribution in [0.25, 0.3) is 0 Å². The van der Waals surface area contributed by atoms with E-state index in [1.54, 1.807) is 0 Å². The summed E-state index contributed by atoms with van der Waals surface area (Å²) in [5, 5.41) is 8.85. The third-order valence-electron chi connectivity index (χ3n) is 5.04. The summed E-state index contributed by atoms with van der Waals surface area (Å²) in [5.74, 6) is 0. The van der Waals surface area contributed by atoms with Crippen molar-refractivity contribution in [2.75, 3.05) is 26.7 Å². The first-order valence-electron chi connectivity index (χ1n) is 9.76. The van der Waals surface area contributed by atoms with Crippen LogP contribution in [0.3, 0.4) is 0 Å².